The molecule has 0 spiro atoms. The maximum atomic E-state index is 12.1. The van der Waals surface area contributed by atoms with Crippen LogP contribution in [0.3, 0.4) is 0 Å². The molecule has 0 N–H and O–H groups in total. The van der Waals surface area contributed by atoms with Gasteiger partial charge in [-0.2, -0.15) is 8.42 Å². The van der Waals surface area contributed by atoms with Crippen molar-refractivity contribution in [1.29, 1.82) is 0 Å². The first kappa shape index (κ1) is 18.7. The van der Waals surface area contributed by atoms with Crippen molar-refractivity contribution in [3.63, 3.8) is 0 Å². The summed E-state index contributed by atoms with van der Waals surface area (Å²) in [5, 5.41) is 14.7. The highest BCUT2D eigenvalue weighted by molar-refractivity contribution is 7.86. The van der Waals surface area contributed by atoms with Gasteiger partial charge in [0, 0.05) is 30.2 Å². The highest BCUT2D eigenvalue weighted by Gasteiger charge is 2.16. The summed E-state index contributed by atoms with van der Waals surface area (Å²) in [6.45, 7) is 1.75. The Kier molecular flexibility index (Phi) is 5.33. The van der Waals surface area contributed by atoms with E-state index in [2.05, 4.69) is 5.16 Å². The molecule has 0 aliphatic carbocycles. The Morgan fingerprint density at radius 2 is 1.89 bits per heavy atom. The second kappa shape index (κ2) is 7.68. The van der Waals surface area contributed by atoms with Gasteiger partial charge in [-0.1, -0.05) is 35.0 Å². The smallest absolute Gasteiger partial charge is 0.296 e. The topological polar surface area (TPSA) is 113 Å². The van der Waals surface area contributed by atoms with Crippen molar-refractivity contribution in [3.05, 3.63) is 76.0 Å². The van der Waals surface area contributed by atoms with Crippen LogP contribution in [0.2, 0.25) is 0 Å². The Labute approximate surface area is 155 Å². The molecule has 9 heteroatoms. The molecule has 0 radical (unpaired) electrons. The average molecular weight is 388 g/mol. The molecule has 0 bridgehead atoms. The molecule has 1 heterocycles. The monoisotopic (exact) mass is 388 g/mol. The lowest BCUT2D eigenvalue weighted by molar-refractivity contribution is -0.384. The van der Waals surface area contributed by atoms with Crippen molar-refractivity contribution in [3.8, 4) is 11.3 Å². The van der Waals surface area contributed by atoms with Gasteiger partial charge in [0.1, 0.15) is 11.5 Å². The van der Waals surface area contributed by atoms with Crippen LogP contribution in [-0.4, -0.2) is 25.1 Å². The number of nitrogens with zero attached hydrogens (tertiary/aromatic N) is 2. The third kappa shape index (κ3) is 4.57. The Balaban J connectivity index is 1.64. The standard InChI is InChI=1S/C18H16N2O6S/c1-13-5-7-17(8-6-13)27(23,24)25-10-9-16-12-18(19-26-16)14-3-2-4-15(11-14)20(21)22/h2-8,11-12H,9-10H2,1H3. The SMILES string of the molecule is Cc1ccc(S(=O)(=O)OCCc2cc(-c3cccc([N+](=O)[O-])c3)no2)cc1. The van der Waals surface area contributed by atoms with E-state index in [0.29, 0.717) is 17.0 Å². The second-order valence-corrected chi connectivity index (χ2v) is 7.44. The first-order chi connectivity index (χ1) is 12.8. The number of aryl methyl sites for hydroxylation is 1. The fourth-order valence-electron chi connectivity index (χ4n) is 2.37. The highest BCUT2D eigenvalue weighted by Crippen LogP contribution is 2.24. The summed E-state index contributed by atoms with van der Waals surface area (Å²) >= 11 is 0. The van der Waals surface area contributed by atoms with Crippen LogP contribution >= 0.6 is 0 Å². The van der Waals surface area contributed by atoms with Gasteiger partial charge in [0.15, 0.2) is 0 Å². The maximum Gasteiger partial charge on any atom is 0.296 e. The lowest BCUT2D eigenvalue weighted by Gasteiger charge is -2.04. The molecule has 0 unspecified atom stereocenters. The molecule has 3 aromatic rings. The summed E-state index contributed by atoms with van der Waals surface area (Å²) in [4.78, 5) is 10.4. The van der Waals surface area contributed by atoms with Crippen molar-refractivity contribution in [2.75, 3.05) is 6.61 Å². The third-order valence-electron chi connectivity index (χ3n) is 3.81. The van der Waals surface area contributed by atoms with Crippen molar-refractivity contribution in [2.45, 2.75) is 18.2 Å². The summed E-state index contributed by atoms with van der Waals surface area (Å²) in [6.07, 6.45) is 0.188. The molecule has 0 aliphatic heterocycles. The third-order valence-corrected chi connectivity index (χ3v) is 5.13. The molecule has 27 heavy (non-hydrogen) atoms. The largest absolute Gasteiger partial charge is 0.361 e. The molecule has 3 rings (SSSR count). The van der Waals surface area contributed by atoms with Crippen LogP contribution in [0.1, 0.15) is 11.3 Å². The van der Waals surface area contributed by atoms with Gasteiger partial charge in [-0.05, 0) is 19.1 Å². The quantitative estimate of drug-likeness (QED) is 0.346. The Bertz CT molecular complexity index is 1060. The normalized spacial score (nSPS) is 11.4. The maximum absolute atomic E-state index is 12.1. The molecule has 0 saturated carbocycles. The molecule has 1 aromatic heterocycles. The van der Waals surface area contributed by atoms with E-state index in [-0.39, 0.29) is 23.6 Å². The lowest BCUT2D eigenvalue weighted by atomic mass is 10.1. The molecule has 0 aliphatic rings. The van der Waals surface area contributed by atoms with Crippen LogP contribution in [0, 0.1) is 17.0 Å². The summed E-state index contributed by atoms with van der Waals surface area (Å²) in [7, 11) is -3.84. The molecular formula is C18H16N2O6S. The lowest BCUT2D eigenvalue weighted by Crippen LogP contribution is -2.09. The zero-order valence-corrected chi connectivity index (χ0v) is 15.2. The average Bonchev–Trinajstić information content (AvgIpc) is 3.11. The Morgan fingerprint density at radius 1 is 1.15 bits per heavy atom. The molecule has 8 nitrogen and oxygen atoms in total. The molecule has 0 atom stereocenters. The second-order valence-electron chi connectivity index (χ2n) is 5.83. The van der Waals surface area contributed by atoms with E-state index in [9.17, 15) is 18.5 Å². The molecule has 0 amide bonds. The highest BCUT2D eigenvalue weighted by atomic mass is 32.2. The van der Waals surface area contributed by atoms with E-state index in [4.69, 9.17) is 8.71 Å². The minimum atomic E-state index is -3.84. The van der Waals surface area contributed by atoms with Gasteiger partial charge in [-0.15, -0.1) is 0 Å². The first-order valence-corrected chi connectivity index (χ1v) is 9.42. The van der Waals surface area contributed by atoms with Crippen molar-refractivity contribution in [2.24, 2.45) is 0 Å². The van der Waals surface area contributed by atoms with Crippen LogP contribution in [-0.2, 0) is 20.7 Å². The van der Waals surface area contributed by atoms with Crippen LogP contribution in [0.4, 0.5) is 5.69 Å². The van der Waals surface area contributed by atoms with Crippen LogP contribution in [0.5, 0.6) is 0 Å². The number of hydrogen-bond acceptors (Lipinski definition) is 7. The van der Waals surface area contributed by atoms with Gasteiger partial charge in [-0.3, -0.25) is 14.3 Å². The number of hydrogen-bond donors (Lipinski definition) is 0. The van der Waals surface area contributed by atoms with Crippen LogP contribution in [0.25, 0.3) is 11.3 Å². The summed E-state index contributed by atoms with van der Waals surface area (Å²) < 4.78 is 34.4. The summed E-state index contributed by atoms with van der Waals surface area (Å²) in [5.74, 6) is 0.413. The van der Waals surface area contributed by atoms with Crippen LogP contribution < -0.4 is 0 Å². The Morgan fingerprint density at radius 3 is 2.59 bits per heavy atom. The zero-order valence-electron chi connectivity index (χ0n) is 14.4. The van der Waals surface area contributed by atoms with Crippen molar-refractivity contribution in [1.82, 2.24) is 5.16 Å². The predicted octanol–water partition coefficient (Wildman–Crippen LogP) is 3.51. The van der Waals surface area contributed by atoms with Gasteiger partial charge < -0.3 is 4.52 Å². The first-order valence-electron chi connectivity index (χ1n) is 8.02. The Hall–Kier alpha value is -3.04. The number of nitro groups is 1. The van der Waals surface area contributed by atoms with E-state index in [1.54, 1.807) is 30.3 Å². The summed E-state index contributed by atoms with van der Waals surface area (Å²) in [5.41, 5.74) is 1.86. The number of rotatable bonds is 7. The van der Waals surface area contributed by atoms with Gasteiger partial charge in [0.2, 0.25) is 0 Å². The van der Waals surface area contributed by atoms with E-state index < -0.39 is 15.0 Å². The van der Waals surface area contributed by atoms with Gasteiger partial charge >= 0.3 is 0 Å². The minimum absolute atomic E-state index is 0.0513. The van der Waals surface area contributed by atoms with E-state index >= 15 is 0 Å². The van der Waals surface area contributed by atoms with E-state index in [1.807, 2.05) is 6.92 Å². The predicted molar refractivity (Wildman–Crippen MR) is 96.6 cm³/mol. The molecular weight excluding hydrogens is 372 g/mol. The number of benzene rings is 2. The van der Waals surface area contributed by atoms with Gasteiger partial charge in [0.25, 0.3) is 15.8 Å². The number of nitro benzene ring substituents is 1. The zero-order chi connectivity index (χ0) is 19.4. The van der Waals surface area contributed by atoms with Crippen molar-refractivity contribution >= 4 is 15.8 Å². The fraction of sp³-hybridized carbons (Fsp3) is 0.167. The van der Waals surface area contributed by atoms with Crippen LogP contribution in [0.15, 0.2) is 64.0 Å². The van der Waals surface area contributed by atoms with E-state index in [0.717, 1.165) is 5.56 Å². The molecule has 0 fully saturated rings. The molecule has 140 valence electrons. The van der Waals surface area contributed by atoms with Crippen molar-refractivity contribution < 1.29 is 22.0 Å². The number of non-ortho nitro benzene ring substituents is 1. The summed E-state index contributed by atoms with van der Waals surface area (Å²) in [6, 6.07) is 14.0. The van der Waals surface area contributed by atoms with E-state index in [1.165, 1.54) is 24.3 Å². The fourth-order valence-corrected chi connectivity index (χ4v) is 3.28. The molecule has 0 saturated heterocycles. The van der Waals surface area contributed by atoms with Gasteiger partial charge in [-0.25, -0.2) is 0 Å². The number of aromatic nitrogens is 1. The van der Waals surface area contributed by atoms with Gasteiger partial charge in [0.05, 0.1) is 16.4 Å². The molecule has 2 aromatic carbocycles. The minimum Gasteiger partial charge on any atom is -0.361 e.